The van der Waals surface area contributed by atoms with Crippen LogP contribution in [0.15, 0.2) is 46.9 Å². The van der Waals surface area contributed by atoms with Gasteiger partial charge in [-0.25, -0.2) is 0 Å². The van der Waals surface area contributed by atoms with Crippen LogP contribution in [-0.4, -0.2) is 25.0 Å². The van der Waals surface area contributed by atoms with Crippen LogP contribution in [0.5, 0.6) is 0 Å². The maximum absolute atomic E-state index is 5.90. The first-order valence-electron chi connectivity index (χ1n) is 7.21. The maximum atomic E-state index is 5.90. The highest BCUT2D eigenvalue weighted by Crippen LogP contribution is 2.21. The molecule has 1 atom stereocenters. The molecule has 0 bridgehead atoms. The monoisotopic (exact) mass is 272 g/mol. The van der Waals surface area contributed by atoms with Crippen LogP contribution in [0, 0.1) is 6.92 Å². The van der Waals surface area contributed by atoms with Crippen molar-refractivity contribution in [1.82, 2.24) is 4.90 Å². The van der Waals surface area contributed by atoms with Crippen LogP contribution in [0.3, 0.4) is 0 Å². The molecule has 2 aromatic rings. The van der Waals surface area contributed by atoms with Crippen LogP contribution in [0.4, 0.5) is 0 Å². The zero-order valence-corrected chi connectivity index (χ0v) is 12.4. The lowest BCUT2D eigenvalue weighted by Gasteiger charge is -2.25. The lowest BCUT2D eigenvalue weighted by Crippen LogP contribution is -2.31. The Balaban J connectivity index is 1.85. The fourth-order valence-corrected chi connectivity index (χ4v) is 2.48. The van der Waals surface area contributed by atoms with E-state index in [0.717, 1.165) is 30.9 Å². The Hall–Kier alpha value is -1.58. The molecule has 0 saturated heterocycles. The van der Waals surface area contributed by atoms with Crippen molar-refractivity contribution in [3.05, 3.63) is 59.5 Å². The highest BCUT2D eigenvalue weighted by Gasteiger charge is 2.18. The Morgan fingerprint density at radius 1 is 1.15 bits per heavy atom. The summed E-state index contributed by atoms with van der Waals surface area (Å²) >= 11 is 0. The Labute approximate surface area is 121 Å². The molecule has 2 N–H and O–H groups in total. The fraction of sp³-hybridized carbons (Fsp3) is 0.412. The summed E-state index contributed by atoms with van der Waals surface area (Å²) < 4.78 is 5.70. The van der Waals surface area contributed by atoms with Crippen molar-refractivity contribution < 1.29 is 4.42 Å². The molecule has 20 heavy (non-hydrogen) atoms. The van der Waals surface area contributed by atoms with Gasteiger partial charge in [-0.3, -0.25) is 4.90 Å². The Morgan fingerprint density at radius 2 is 1.90 bits per heavy atom. The molecule has 0 saturated carbocycles. The van der Waals surface area contributed by atoms with Gasteiger partial charge in [0.1, 0.15) is 11.5 Å². The number of hydrogen-bond donors (Lipinski definition) is 1. The molecular formula is C17H24N2O. The number of hydrogen-bond acceptors (Lipinski definition) is 3. The van der Waals surface area contributed by atoms with Crippen molar-refractivity contribution in [3.8, 4) is 0 Å². The molecule has 1 unspecified atom stereocenters. The van der Waals surface area contributed by atoms with Crippen LogP contribution < -0.4 is 5.73 Å². The van der Waals surface area contributed by atoms with Crippen molar-refractivity contribution in [2.75, 3.05) is 20.1 Å². The second-order valence-corrected chi connectivity index (χ2v) is 5.27. The molecule has 108 valence electrons. The van der Waals surface area contributed by atoms with Crippen molar-refractivity contribution in [2.24, 2.45) is 5.73 Å². The maximum Gasteiger partial charge on any atom is 0.122 e. The summed E-state index contributed by atoms with van der Waals surface area (Å²) in [6.07, 6.45) is 2.22. The zero-order valence-electron chi connectivity index (χ0n) is 12.4. The number of aryl methyl sites for hydroxylation is 2. The van der Waals surface area contributed by atoms with Gasteiger partial charge < -0.3 is 10.2 Å². The van der Waals surface area contributed by atoms with E-state index in [2.05, 4.69) is 42.3 Å². The quantitative estimate of drug-likeness (QED) is 0.842. The van der Waals surface area contributed by atoms with Gasteiger partial charge in [0.15, 0.2) is 0 Å². The third kappa shape index (κ3) is 3.95. The Morgan fingerprint density at radius 3 is 2.50 bits per heavy atom. The highest BCUT2D eigenvalue weighted by molar-refractivity contribution is 5.14. The standard InChI is InChI=1S/C17H24N2O/c1-14-10-11-17(20-14)16(13-18)19(2)12-6-9-15-7-4-3-5-8-15/h3-5,7-8,10-11,16H,6,9,12-13,18H2,1-2H3. The molecular weight excluding hydrogens is 248 g/mol. The molecule has 0 radical (unpaired) electrons. The molecule has 0 aliphatic heterocycles. The molecule has 0 aliphatic carbocycles. The molecule has 0 fully saturated rings. The smallest absolute Gasteiger partial charge is 0.122 e. The normalized spacial score (nSPS) is 12.8. The molecule has 0 amide bonds. The lowest BCUT2D eigenvalue weighted by atomic mass is 10.1. The largest absolute Gasteiger partial charge is 0.465 e. The molecule has 3 heteroatoms. The predicted molar refractivity (Wildman–Crippen MR) is 82.6 cm³/mol. The molecule has 3 nitrogen and oxygen atoms in total. The molecule has 0 aliphatic rings. The van der Waals surface area contributed by atoms with E-state index in [1.807, 2.05) is 19.1 Å². The van der Waals surface area contributed by atoms with Gasteiger partial charge in [-0.05, 0) is 51.1 Å². The third-order valence-electron chi connectivity index (χ3n) is 3.66. The average molecular weight is 272 g/mol. The van der Waals surface area contributed by atoms with E-state index < -0.39 is 0 Å². The van der Waals surface area contributed by atoms with Crippen molar-refractivity contribution in [3.63, 3.8) is 0 Å². The van der Waals surface area contributed by atoms with Crippen molar-refractivity contribution in [2.45, 2.75) is 25.8 Å². The van der Waals surface area contributed by atoms with Crippen LogP contribution in [0.1, 0.15) is 29.5 Å². The van der Waals surface area contributed by atoms with Crippen molar-refractivity contribution in [1.29, 1.82) is 0 Å². The van der Waals surface area contributed by atoms with Gasteiger partial charge in [0.25, 0.3) is 0 Å². The van der Waals surface area contributed by atoms with E-state index >= 15 is 0 Å². The minimum Gasteiger partial charge on any atom is -0.465 e. The van der Waals surface area contributed by atoms with Crippen molar-refractivity contribution >= 4 is 0 Å². The van der Waals surface area contributed by atoms with E-state index in [9.17, 15) is 0 Å². The topological polar surface area (TPSA) is 42.4 Å². The van der Waals surface area contributed by atoms with Gasteiger partial charge in [0, 0.05) is 6.54 Å². The summed E-state index contributed by atoms with van der Waals surface area (Å²) in [6, 6.07) is 14.8. The summed E-state index contributed by atoms with van der Waals surface area (Å²) in [4.78, 5) is 2.28. The van der Waals surface area contributed by atoms with Gasteiger partial charge in [-0.2, -0.15) is 0 Å². The number of nitrogens with zero attached hydrogens (tertiary/aromatic N) is 1. The zero-order chi connectivity index (χ0) is 14.4. The number of likely N-dealkylation sites (N-methyl/N-ethyl adjacent to an activating group) is 1. The molecule has 0 spiro atoms. The number of furan rings is 1. The first-order chi connectivity index (χ1) is 9.70. The van der Waals surface area contributed by atoms with Gasteiger partial charge in [0.05, 0.1) is 6.04 Å². The first-order valence-corrected chi connectivity index (χ1v) is 7.21. The number of nitrogens with two attached hydrogens (primary N) is 1. The number of rotatable bonds is 7. The molecule has 1 heterocycles. The average Bonchev–Trinajstić information content (AvgIpc) is 2.87. The van der Waals surface area contributed by atoms with Gasteiger partial charge in [-0.1, -0.05) is 30.3 Å². The highest BCUT2D eigenvalue weighted by atomic mass is 16.3. The van der Waals surface area contributed by atoms with E-state index in [0.29, 0.717) is 6.54 Å². The summed E-state index contributed by atoms with van der Waals surface area (Å²) in [7, 11) is 2.11. The van der Waals surface area contributed by atoms with Gasteiger partial charge in [-0.15, -0.1) is 0 Å². The van der Waals surface area contributed by atoms with E-state index in [4.69, 9.17) is 10.2 Å². The van der Waals surface area contributed by atoms with Gasteiger partial charge in [0.2, 0.25) is 0 Å². The van der Waals surface area contributed by atoms with Crippen LogP contribution in [0.2, 0.25) is 0 Å². The lowest BCUT2D eigenvalue weighted by molar-refractivity contribution is 0.216. The third-order valence-corrected chi connectivity index (χ3v) is 3.66. The Bertz CT molecular complexity index is 507. The molecule has 2 rings (SSSR count). The first kappa shape index (κ1) is 14.8. The summed E-state index contributed by atoms with van der Waals surface area (Å²) in [5, 5.41) is 0. The predicted octanol–water partition coefficient (Wildman–Crippen LogP) is 3.15. The second-order valence-electron chi connectivity index (χ2n) is 5.27. The number of benzene rings is 1. The SMILES string of the molecule is Cc1ccc(C(CN)N(C)CCCc2ccccc2)o1. The summed E-state index contributed by atoms with van der Waals surface area (Å²) in [6.45, 7) is 3.55. The summed E-state index contributed by atoms with van der Waals surface area (Å²) in [5.41, 5.74) is 7.28. The second kappa shape index (κ2) is 7.27. The van der Waals surface area contributed by atoms with Crippen LogP contribution in [-0.2, 0) is 6.42 Å². The van der Waals surface area contributed by atoms with Gasteiger partial charge >= 0.3 is 0 Å². The Kier molecular flexibility index (Phi) is 5.39. The molecule has 1 aromatic carbocycles. The minimum atomic E-state index is 0.166. The van der Waals surface area contributed by atoms with Crippen LogP contribution >= 0.6 is 0 Å². The fourth-order valence-electron chi connectivity index (χ4n) is 2.48. The van der Waals surface area contributed by atoms with E-state index in [1.54, 1.807) is 0 Å². The van der Waals surface area contributed by atoms with Crippen LogP contribution in [0.25, 0.3) is 0 Å². The molecule has 1 aromatic heterocycles. The van der Waals surface area contributed by atoms with E-state index in [1.165, 1.54) is 5.56 Å². The van der Waals surface area contributed by atoms with E-state index in [-0.39, 0.29) is 6.04 Å². The summed E-state index contributed by atoms with van der Waals surface area (Å²) in [5.74, 6) is 1.91. The minimum absolute atomic E-state index is 0.166.